The maximum atomic E-state index is 12.6. The minimum absolute atomic E-state index is 0.0223. The van der Waals surface area contributed by atoms with E-state index in [1.165, 1.54) is 10.5 Å². The number of benzene rings is 1. The fraction of sp³-hybridized carbons (Fsp3) is 0.474. The smallest absolute Gasteiger partial charge is 0.227 e. The number of aryl methyl sites for hydroxylation is 1. The van der Waals surface area contributed by atoms with Crippen LogP contribution in [0.1, 0.15) is 25.3 Å². The lowest BCUT2D eigenvalue weighted by Gasteiger charge is -2.33. The summed E-state index contributed by atoms with van der Waals surface area (Å²) >= 11 is 1.95. The standard InChI is InChI=1S/C19H25N3OS/c1-15-5-3-6-18(13-15)24-17-7-11-21(12-8-17)19(23)16(2)14-22-10-4-9-20-22/h3-6,9-10,13,16-17H,7-8,11-12,14H2,1-2H3. The first-order valence-corrected chi connectivity index (χ1v) is 9.49. The van der Waals surface area contributed by atoms with Gasteiger partial charge in [0.05, 0.1) is 12.5 Å². The highest BCUT2D eigenvalue weighted by atomic mass is 32.2. The van der Waals surface area contributed by atoms with E-state index >= 15 is 0 Å². The highest BCUT2D eigenvalue weighted by molar-refractivity contribution is 8.00. The lowest BCUT2D eigenvalue weighted by Crippen LogP contribution is -2.42. The van der Waals surface area contributed by atoms with Crippen LogP contribution in [-0.4, -0.2) is 38.9 Å². The van der Waals surface area contributed by atoms with E-state index in [0.29, 0.717) is 11.8 Å². The molecule has 1 aliphatic rings. The van der Waals surface area contributed by atoms with Crippen LogP contribution in [0.2, 0.25) is 0 Å². The SMILES string of the molecule is Cc1cccc(SC2CCN(C(=O)C(C)Cn3cccn3)CC2)c1. The van der Waals surface area contributed by atoms with E-state index < -0.39 is 0 Å². The van der Waals surface area contributed by atoms with Crippen molar-refractivity contribution < 1.29 is 4.79 Å². The second-order valence-corrected chi connectivity index (χ2v) is 7.96. The number of amides is 1. The van der Waals surface area contributed by atoms with Crippen molar-refractivity contribution in [2.45, 2.75) is 43.4 Å². The lowest BCUT2D eigenvalue weighted by atomic mass is 10.1. The number of aromatic nitrogens is 2. The number of carbonyl (C=O) groups is 1. The molecule has 3 rings (SSSR count). The van der Waals surface area contributed by atoms with Gasteiger partial charge in [-0.3, -0.25) is 9.48 Å². The van der Waals surface area contributed by atoms with Gasteiger partial charge in [0, 0.05) is 35.6 Å². The summed E-state index contributed by atoms with van der Waals surface area (Å²) in [6, 6.07) is 10.6. The molecule has 1 unspecified atom stereocenters. The normalized spacial score (nSPS) is 17.0. The molecule has 1 fully saturated rings. The summed E-state index contributed by atoms with van der Waals surface area (Å²) in [6.07, 6.45) is 5.80. The van der Waals surface area contributed by atoms with Crippen molar-refractivity contribution in [2.24, 2.45) is 5.92 Å². The highest BCUT2D eigenvalue weighted by Crippen LogP contribution is 2.31. The predicted octanol–water partition coefficient (Wildman–Crippen LogP) is 3.61. The van der Waals surface area contributed by atoms with E-state index in [0.717, 1.165) is 25.9 Å². The Bertz CT molecular complexity index is 663. The van der Waals surface area contributed by atoms with Crippen LogP contribution >= 0.6 is 11.8 Å². The second kappa shape index (κ2) is 7.88. The highest BCUT2D eigenvalue weighted by Gasteiger charge is 2.26. The third-order valence-electron chi connectivity index (χ3n) is 4.49. The first kappa shape index (κ1) is 17.1. The van der Waals surface area contributed by atoms with Crippen LogP contribution in [0, 0.1) is 12.8 Å². The van der Waals surface area contributed by atoms with Gasteiger partial charge in [-0.1, -0.05) is 24.6 Å². The Hall–Kier alpha value is -1.75. The van der Waals surface area contributed by atoms with Crippen LogP contribution in [0.5, 0.6) is 0 Å². The van der Waals surface area contributed by atoms with Crippen molar-refractivity contribution in [2.75, 3.05) is 13.1 Å². The molecule has 1 atom stereocenters. The molecule has 1 saturated heterocycles. The fourth-order valence-electron chi connectivity index (χ4n) is 3.15. The van der Waals surface area contributed by atoms with Crippen molar-refractivity contribution >= 4 is 17.7 Å². The molecule has 0 saturated carbocycles. The summed E-state index contributed by atoms with van der Waals surface area (Å²) < 4.78 is 1.84. The van der Waals surface area contributed by atoms with Crippen molar-refractivity contribution in [1.82, 2.24) is 14.7 Å². The first-order valence-electron chi connectivity index (χ1n) is 8.61. The summed E-state index contributed by atoms with van der Waals surface area (Å²) in [4.78, 5) is 16.0. The van der Waals surface area contributed by atoms with Crippen LogP contribution in [0.4, 0.5) is 0 Å². The van der Waals surface area contributed by atoms with Gasteiger partial charge in [-0.25, -0.2) is 0 Å². The number of carbonyl (C=O) groups excluding carboxylic acids is 1. The van der Waals surface area contributed by atoms with E-state index in [4.69, 9.17) is 0 Å². The van der Waals surface area contributed by atoms with Gasteiger partial charge >= 0.3 is 0 Å². The van der Waals surface area contributed by atoms with Gasteiger partial charge in [0.15, 0.2) is 0 Å². The summed E-state index contributed by atoms with van der Waals surface area (Å²) in [7, 11) is 0. The zero-order valence-electron chi connectivity index (χ0n) is 14.4. The molecule has 0 N–H and O–H groups in total. The van der Waals surface area contributed by atoms with Crippen molar-refractivity contribution in [3.63, 3.8) is 0 Å². The summed E-state index contributed by atoms with van der Waals surface area (Å²) in [6.45, 7) is 6.52. The minimum atomic E-state index is -0.0223. The topological polar surface area (TPSA) is 38.1 Å². The molecule has 0 bridgehead atoms. The fourth-order valence-corrected chi connectivity index (χ4v) is 4.40. The molecule has 4 nitrogen and oxygen atoms in total. The van der Waals surface area contributed by atoms with Gasteiger partial charge < -0.3 is 4.90 Å². The minimum Gasteiger partial charge on any atom is -0.342 e. The maximum absolute atomic E-state index is 12.6. The molecule has 2 aromatic rings. The van der Waals surface area contributed by atoms with Crippen LogP contribution in [0.3, 0.4) is 0 Å². The maximum Gasteiger partial charge on any atom is 0.227 e. The average molecular weight is 343 g/mol. The van der Waals surface area contributed by atoms with E-state index in [9.17, 15) is 4.79 Å². The zero-order valence-corrected chi connectivity index (χ0v) is 15.2. The molecule has 0 aliphatic carbocycles. The number of likely N-dealkylation sites (tertiary alicyclic amines) is 1. The summed E-state index contributed by atoms with van der Waals surface area (Å²) in [5.74, 6) is 0.232. The summed E-state index contributed by atoms with van der Waals surface area (Å²) in [5, 5.41) is 4.80. The van der Waals surface area contributed by atoms with Gasteiger partial charge in [-0.2, -0.15) is 5.10 Å². The van der Waals surface area contributed by atoms with Gasteiger partial charge in [0.2, 0.25) is 5.91 Å². The number of rotatable bonds is 5. The molecule has 0 spiro atoms. The predicted molar refractivity (Wildman–Crippen MR) is 98.0 cm³/mol. The molecule has 5 heteroatoms. The van der Waals surface area contributed by atoms with Gasteiger partial charge in [0.25, 0.3) is 0 Å². The monoisotopic (exact) mass is 343 g/mol. The van der Waals surface area contributed by atoms with Crippen LogP contribution < -0.4 is 0 Å². The third-order valence-corrected chi connectivity index (χ3v) is 5.82. The lowest BCUT2D eigenvalue weighted by molar-refractivity contribution is -0.136. The van der Waals surface area contributed by atoms with E-state index in [-0.39, 0.29) is 11.8 Å². The van der Waals surface area contributed by atoms with Crippen LogP contribution in [0.25, 0.3) is 0 Å². The third kappa shape index (κ3) is 4.41. The Kier molecular flexibility index (Phi) is 5.61. The number of hydrogen-bond acceptors (Lipinski definition) is 3. The molecular formula is C19H25N3OS. The van der Waals surface area contributed by atoms with Gasteiger partial charge in [-0.05, 0) is 38.0 Å². The number of hydrogen-bond donors (Lipinski definition) is 0. The van der Waals surface area contributed by atoms with Gasteiger partial charge in [-0.15, -0.1) is 11.8 Å². The largest absolute Gasteiger partial charge is 0.342 e. The van der Waals surface area contributed by atoms with Crippen LogP contribution in [-0.2, 0) is 11.3 Å². The number of thioether (sulfide) groups is 1. The molecule has 2 heterocycles. The summed E-state index contributed by atoms with van der Waals surface area (Å²) in [5.41, 5.74) is 1.31. The van der Waals surface area contributed by atoms with Crippen molar-refractivity contribution in [3.05, 3.63) is 48.3 Å². The molecule has 0 radical (unpaired) electrons. The Morgan fingerprint density at radius 3 is 2.79 bits per heavy atom. The number of piperidine rings is 1. The van der Waals surface area contributed by atoms with E-state index in [1.54, 1.807) is 6.20 Å². The van der Waals surface area contributed by atoms with E-state index in [2.05, 4.69) is 36.3 Å². The molecular weight excluding hydrogens is 318 g/mol. The molecule has 1 amide bonds. The van der Waals surface area contributed by atoms with Crippen molar-refractivity contribution in [3.8, 4) is 0 Å². The number of nitrogens with zero attached hydrogens (tertiary/aromatic N) is 3. The molecule has 128 valence electrons. The molecule has 1 aromatic carbocycles. The average Bonchev–Trinajstić information content (AvgIpc) is 3.08. The molecule has 24 heavy (non-hydrogen) atoms. The van der Waals surface area contributed by atoms with E-state index in [1.807, 2.05) is 40.5 Å². The quantitative estimate of drug-likeness (QED) is 0.832. The Morgan fingerprint density at radius 1 is 1.33 bits per heavy atom. The molecule has 1 aromatic heterocycles. The molecule has 1 aliphatic heterocycles. The van der Waals surface area contributed by atoms with Gasteiger partial charge in [0.1, 0.15) is 0 Å². The first-order chi connectivity index (χ1) is 11.6. The Balaban J connectivity index is 1.48. The second-order valence-electron chi connectivity index (χ2n) is 6.59. The van der Waals surface area contributed by atoms with Crippen LogP contribution in [0.15, 0.2) is 47.6 Å². The zero-order chi connectivity index (χ0) is 16.9. The van der Waals surface area contributed by atoms with Crippen molar-refractivity contribution in [1.29, 1.82) is 0 Å². The Morgan fingerprint density at radius 2 is 2.12 bits per heavy atom. The Labute approximate surface area is 148 Å².